The number of esters is 1. The van der Waals surface area contributed by atoms with Crippen LogP contribution in [0.4, 0.5) is 5.69 Å². The van der Waals surface area contributed by atoms with E-state index in [-0.39, 0.29) is 0 Å². The Labute approximate surface area is 151 Å². The first-order valence-corrected chi connectivity index (χ1v) is 8.26. The second-order valence-corrected chi connectivity index (χ2v) is 5.67. The summed E-state index contributed by atoms with van der Waals surface area (Å²) in [5.74, 6) is 0.331. The third-order valence-corrected chi connectivity index (χ3v) is 3.68. The maximum atomic E-state index is 12.0. The monoisotopic (exact) mass is 353 g/mol. The number of anilines is 1. The van der Waals surface area contributed by atoms with Gasteiger partial charge in [-0.3, -0.25) is 4.79 Å². The van der Waals surface area contributed by atoms with E-state index >= 15 is 0 Å². The van der Waals surface area contributed by atoms with E-state index in [1.54, 1.807) is 30.3 Å². The quantitative estimate of drug-likeness (QED) is 0.661. The van der Waals surface area contributed by atoms with Gasteiger partial charge in [0.05, 0.1) is 0 Å². The molecular formula is C20H19NO5. The lowest BCUT2D eigenvalue weighted by atomic mass is 10.2. The maximum Gasteiger partial charge on any atom is 0.331 e. The summed E-state index contributed by atoms with van der Waals surface area (Å²) in [6.45, 7) is 2.54. The van der Waals surface area contributed by atoms with Crippen molar-refractivity contribution in [2.45, 2.75) is 13.0 Å². The average Bonchev–Trinajstić information content (AvgIpc) is 2.67. The average molecular weight is 353 g/mol. The molecule has 6 heteroatoms. The topological polar surface area (TPSA) is 73.9 Å². The molecule has 0 saturated heterocycles. The summed E-state index contributed by atoms with van der Waals surface area (Å²) in [5, 5.41) is 2.68. The summed E-state index contributed by atoms with van der Waals surface area (Å²) < 4.78 is 16.1. The number of amides is 1. The predicted octanol–water partition coefficient (Wildman–Crippen LogP) is 3.04. The molecule has 6 nitrogen and oxygen atoms in total. The molecule has 1 amide bonds. The molecule has 0 spiro atoms. The summed E-state index contributed by atoms with van der Waals surface area (Å²) in [4.78, 5) is 24.0. The minimum Gasteiger partial charge on any atom is -0.486 e. The van der Waals surface area contributed by atoms with E-state index in [0.29, 0.717) is 30.4 Å². The minimum absolute atomic E-state index is 0.391. The third-order valence-electron chi connectivity index (χ3n) is 3.68. The normalized spacial score (nSPS) is 13.9. The lowest BCUT2D eigenvalue weighted by Gasteiger charge is -2.18. The molecule has 134 valence electrons. The van der Waals surface area contributed by atoms with Gasteiger partial charge in [-0.25, -0.2) is 4.79 Å². The van der Waals surface area contributed by atoms with Gasteiger partial charge in [-0.15, -0.1) is 0 Å². The van der Waals surface area contributed by atoms with Gasteiger partial charge in [0.1, 0.15) is 13.2 Å². The van der Waals surface area contributed by atoms with E-state index in [9.17, 15) is 9.59 Å². The van der Waals surface area contributed by atoms with Crippen LogP contribution in [0.25, 0.3) is 6.08 Å². The van der Waals surface area contributed by atoms with E-state index in [4.69, 9.17) is 14.2 Å². The number of carbonyl (C=O) groups excluding carboxylic acids is 2. The molecule has 2 aromatic carbocycles. The van der Waals surface area contributed by atoms with Gasteiger partial charge in [-0.1, -0.05) is 24.3 Å². The Balaban J connectivity index is 1.54. The van der Waals surface area contributed by atoms with Gasteiger partial charge in [0.2, 0.25) is 0 Å². The third kappa shape index (κ3) is 4.63. The molecule has 2 aromatic rings. The Bertz CT molecular complexity index is 816. The summed E-state index contributed by atoms with van der Waals surface area (Å²) >= 11 is 0. The standard InChI is InChI=1S/C20H19NO5/c1-14(20(23)21-16-5-3-2-4-6-16)26-19(22)10-8-15-7-9-17-18(13-15)25-12-11-24-17/h2-10,13-14H,11-12H2,1H3,(H,21,23). The van der Waals surface area contributed by atoms with Gasteiger partial charge in [0.15, 0.2) is 17.6 Å². The Morgan fingerprint density at radius 1 is 1.08 bits per heavy atom. The van der Waals surface area contributed by atoms with Crippen LogP contribution in [0.5, 0.6) is 11.5 Å². The second kappa shape index (κ2) is 8.20. The molecule has 0 radical (unpaired) electrons. The molecule has 1 aliphatic rings. The zero-order valence-electron chi connectivity index (χ0n) is 14.3. The summed E-state index contributed by atoms with van der Waals surface area (Å²) in [6, 6.07) is 14.4. The molecule has 3 rings (SSSR count). The van der Waals surface area contributed by atoms with Crippen molar-refractivity contribution in [1.82, 2.24) is 0 Å². The molecule has 1 heterocycles. The molecule has 26 heavy (non-hydrogen) atoms. The minimum atomic E-state index is -0.910. The van der Waals surface area contributed by atoms with Crippen LogP contribution in [-0.2, 0) is 14.3 Å². The molecule has 0 bridgehead atoms. The zero-order chi connectivity index (χ0) is 18.4. The number of fused-ring (bicyclic) bond motifs is 1. The molecule has 0 aromatic heterocycles. The highest BCUT2D eigenvalue weighted by atomic mass is 16.6. The first-order valence-electron chi connectivity index (χ1n) is 8.26. The fraction of sp³-hybridized carbons (Fsp3) is 0.200. The largest absolute Gasteiger partial charge is 0.486 e. The molecule has 1 aliphatic heterocycles. The Hall–Kier alpha value is -3.28. The van der Waals surface area contributed by atoms with Gasteiger partial charge >= 0.3 is 5.97 Å². The van der Waals surface area contributed by atoms with Crippen LogP contribution >= 0.6 is 0 Å². The van der Waals surface area contributed by atoms with Crippen molar-refractivity contribution in [3.05, 3.63) is 60.2 Å². The zero-order valence-corrected chi connectivity index (χ0v) is 14.3. The maximum absolute atomic E-state index is 12.0. The first kappa shape index (κ1) is 17.5. The molecule has 0 fully saturated rings. The number of rotatable bonds is 5. The van der Waals surface area contributed by atoms with E-state index in [1.165, 1.54) is 13.0 Å². The van der Waals surface area contributed by atoms with Gasteiger partial charge in [0, 0.05) is 11.8 Å². The molecule has 1 N–H and O–H groups in total. The van der Waals surface area contributed by atoms with Gasteiger partial charge in [-0.2, -0.15) is 0 Å². The Morgan fingerprint density at radius 3 is 2.58 bits per heavy atom. The van der Waals surface area contributed by atoms with Crippen molar-refractivity contribution >= 4 is 23.6 Å². The van der Waals surface area contributed by atoms with Crippen LogP contribution in [-0.4, -0.2) is 31.2 Å². The molecular weight excluding hydrogens is 334 g/mol. The van der Waals surface area contributed by atoms with Crippen molar-refractivity contribution < 1.29 is 23.8 Å². The van der Waals surface area contributed by atoms with Crippen LogP contribution in [0.15, 0.2) is 54.6 Å². The molecule has 0 aliphatic carbocycles. The lowest BCUT2D eigenvalue weighted by molar-refractivity contribution is -0.148. The van der Waals surface area contributed by atoms with E-state index < -0.39 is 18.0 Å². The number of ether oxygens (including phenoxy) is 3. The van der Waals surface area contributed by atoms with Gasteiger partial charge in [-0.05, 0) is 42.8 Å². The number of hydrogen-bond acceptors (Lipinski definition) is 5. The number of hydrogen-bond donors (Lipinski definition) is 1. The van der Waals surface area contributed by atoms with Crippen molar-refractivity contribution in [2.24, 2.45) is 0 Å². The van der Waals surface area contributed by atoms with Gasteiger partial charge in [0.25, 0.3) is 5.91 Å². The van der Waals surface area contributed by atoms with E-state index in [0.717, 1.165) is 5.56 Å². The van der Waals surface area contributed by atoms with Crippen LogP contribution in [0.3, 0.4) is 0 Å². The van der Waals surface area contributed by atoms with Crippen LogP contribution in [0.2, 0.25) is 0 Å². The first-order chi connectivity index (χ1) is 12.6. The van der Waals surface area contributed by atoms with Gasteiger partial charge < -0.3 is 19.5 Å². The van der Waals surface area contributed by atoms with Crippen molar-refractivity contribution in [3.63, 3.8) is 0 Å². The predicted molar refractivity (Wildman–Crippen MR) is 97.1 cm³/mol. The lowest BCUT2D eigenvalue weighted by Crippen LogP contribution is -2.29. The molecule has 0 saturated carbocycles. The second-order valence-electron chi connectivity index (χ2n) is 5.67. The van der Waals surface area contributed by atoms with Crippen molar-refractivity contribution in [1.29, 1.82) is 0 Å². The molecule has 1 atom stereocenters. The number of nitrogens with one attached hydrogen (secondary N) is 1. The number of para-hydroxylation sites is 1. The highest BCUT2D eigenvalue weighted by molar-refractivity contribution is 5.96. The van der Waals surface area contributed by atoms with E-state index in [2.05, 4.69) is 5.32 Å². The van der Waals surface area contributed by atoms with Crippen LogP contribution < -0.4 is 14.8 Å². The summed E-state index contributed by atoms with van der Waals surface area (Å²) in [7, 11) is 0. The fourth-order valence-corrected chi connectivity index (χ4v) is 2.36. The molecule has 1 unspecified atom stereocenters. The van der Waals surface area contributed by atoms with Crippen LogP contribution in [0.1, 0.15) is 12.5 Å². The highest BCUT2D eigenvalue weighted by Gasteiger charge is 2.16. The summed E-state index contributed by atoms with van der Waals surface area (Å²) in [5.41, 5.74) is 1.42. The number of benzene rings is 2. The number of carbonyl (C=O) groups is 2. The van der Waals surface area contributed by atoms with Crippen molar-refractivity contribution in [3.8, 4) is 11.5 Å². The Kier molecular flexibility index (Phi) is 5.53. The smallest absolute Gasteiger partial charge is 0.331 e. The van der Waals surface area contributed by atoms with E-state index in [1.807, 2.05) is 24.3 Å². The summed E-state index contributed by atoms with van der Waals surface area (Å²) in [6.07, 6.45) is 1.97. The SMILES string of the molecule is CC(OC(=O)C=Cc1ccc2c(c1)OCCO2)C(=O)Nc1ccccc1. The van der Waals surface area contributed by atoms with Crippen molar-refractivity contribution in [2.75, 3.05) is 18.5 Å². The fourth-order valence-electron chi connectivity index (χ4n) is 2.36. The Morgan fingerprint density at radius 2 is 1.81 bits per heavy atom. The van der Waals surface area contributed by atoms with Crippen LogP contribution in [0, 0.1) is 0 Å². The highest BCUT2D eigenvalue weighted by Crippen LogP contribution is 2.31.